The maximum absolute atomic E-state index is 6.32. The van der Waals surface area contributed by atoms with Crippen molar-refractivity contribution >= 4 is 0 Å². The molecule has 0 N–H and O–H groups in total. The van der Waals surface area contributed by atoms with Crippen LogP contribution in [0.25, 0.3) is 0 Å². The Morgan fingerprint density at radius 3 is 2.13 bits per heavy atom. The average Bonchev–Trinajstić information content (AvgIpc) is 2.51. The number of ether oxygens (including phenoxy) is 1. The summed E-state index contributed by atoms with van der Waals surface area (Å²) < 4.78 is 6.32. The zero-order valence-electron chi connectivity index (χ0n) is 15.0. The molecule has 0 amide bonds. The fourth-order valence-electron chi connectivity index (χ4n) is 2.76. The third-order valence-electron chi connectivity index (χ3n) is 3.98. The molecule has 0 aromatic heterocycles. The topological polar surface area (TPSA) is 12.5 Å². The van der Waals surface area contributed by atoms with E-state index < -0.39 is 0 Å². The second-order valence-corrected chi connectivity index (χ2v) is 7.30. The molecule has 1 atom stereocenters. The molecule has 0 unspecified atom stereocenters. The van der Waals surface area contributed by atoms with Gasteiger partial charge in [0.2, 0.25) is 0 Å². The molecular weight excluding hydrogens is 282 g/mol. The van der Waals surface area contributed by atoms with E-state index in [-0.39, 0.29) is 11.5 Å². The van der Waals surface area contributed by atoms with Crippen LogP contribution in [0.15, 0.2) is 54.6 Å². The Bertz CT molecular complexity index is 599. The minimum Gasteiger partial charge on any atom is -0.367 e. The maximum atomic E-state index is 6.32. The van der Waals surface area contributed by atoms with Gasteiger partial charge in [-0.15, -0.1) is 0 Å². The molecule has 0 aliphatic heterocycles. The Labute approximate surface area is 141 Å². The molecule has 0 fully saturated rings. The number of benzene rings is 2. The highest BCUT2D eigenvalue weighted by Gasteiger charge is 2.24. The Morgan fingerprint density at radius 2 is 1.52 bits per heavy atom. The van der Waals surface area contributed by atoms with E-state index in [1.807, 2.05) is 0 Å². The number of hydrogen-bond donors (Lipinski definition) is 0. The third kappa shape index (κ3) is 4.92. The molecule has 0 saturated heterocycles. The molecule has 0 heterocycles. The van der Waals surface area contributed by atoms with Gasteiger partial charge in [-0.25, -0.2) is 0 Å². The van der Waals surface area contributed by atoms with E-state index in [1.165, 1.54) is 16.7 Å². The second kappa shape index (κ2) is 7.76. The van der Waals surface area contributed by atoms with Crippen molar-refractivity contribution in [3.63, 3.8) is 0 Å². The molecule has 0 aliphatic rings. The van der Waals surface area contributed by atoms with E-state index in [2.05, 4.69) is 94.4 Å². The van der Waals surface area contributed by atoms with E-state index in [0.29, 0.717) is 6.61 Å². The number of hydrogen-bond acceptors (Lipinski definition) is 2. The first-order valence-electron chi connectivity index (χ1n) is 8.30. The summed E-state index contributed by atoms with van der Waals surface area (Å²) in [6, 6.07) is 19.2. The first kappa shape index (κ1) is 17.7. The molecule has 0 bridgehead atoms. The van der Waals surface area contributed by atoms with Gasteiger partial charge in [0, 0.05) is 6.54 Å². The fraction of sp³-hybridized carbons (Fsp3) is 0.429. The van der Waals surface area contributed by atoms with Crippen LogP contribution < -0.4 is 0 Å². The first-order chi connectivity index (χ1) is 10.9. The van der Waals surface area contributed by atoms with Crippen LogP contribution in [0.4, 0.5) is 0 Å². The van der Waals surface area contributed by atoms with Gasteiger partial charge in [-0.2, -0.15) is 0 Å². The quantitative estimate of drug-likeness (QED) is 0.770. The van der Waals surface area contributed by atoms with Crippen LogP contribution in [0, 0.1) is 0 Å². The van der Waals surface area contributed by atoms with E-state index in [0.717, 1.165) is 6.54 Å². The Balaban J connectivity index is 2.38. The van der Waals surface area contributed by atoms with Crippen LogP contribution in [0.5, 0.6) is 0 Å². The van der Waals surface area contributed by atoms with Crippen LogP contribution in [-0.2, 0) is 10.2 Å². The molecular formula is C21H29NO. The van der Waals surface area contributed by atoms with Gasteiger partial charge in [0.05, 0.1) is 6.61 Å². The van der Waals surface area contributed by atoms with E-state index in [1.54, 1.807) is 0 Å². The predicted molar refractivity (Wildman–Crippen MR) is 97.9 cm³/mol. The molecule has 2 aromatic carbocycles. The second-order valence-electron chi connectivity index (χ2n) is 7.30. The number of nitrogens with zero attached hydrogens (tertiary/aromatic N) is 1. The third-order valence-corrected chi connectivity index (χ3v) is 3.98. The summed E-state index contributed by atoms with van der Waals surface area (Å²) >= 11 is 0. The Kier molecular flexibility index (Phi) is 5.97. The van der Waals surface area contributed by atoms with Gasteiger partial charge < -0.3 is 9.64 Å². The van der Waals surface area contributed by atoms with Crippen molar-refractivity contribution < 1.29 is 4.74 Å². The van der Waals surface area contributed by atoms with Crippen molar-refractivity contribution in [1.82, 2.24) is 4.90 Å². The molecule has 2 rings (SSSR count). The van der Waals surface area contributed by atoms with Gasteiger partial charge in [-0.05, 0) is 36.2 Å². The summed E-state index contributed by atoms with van der Waals surface area (Å²) in [5.41, 5.74) is 3.92. The molecule has 124 valence electrons. The van der Waals surface area contributed by atoms with Gasteiger partial charge in [0.15, 0.2) is 0 Å². The minimum atomic E-state index is -0.0217. The number of rotatable bonds is 6. The van der Waals surface area contributed by atoms with E-state index in [9.17, 15) is 0 Å². The molecule has 0 aliphatic carbocycles. The van der Waals surface area contributed by atoms with Gasteiger partial charge in [0.25, 0.3) is 0 Å². The average molecular weight is 311 g/mol. The van der Waals surface area contributed by atoms with Crippen molar-refractivity contribution in [2.24, 2.45) is 0 Å². The standard InChI is InChI=1S/C21H29NO/c1-21(2,3)19-14-10-9-13-18(19)20(23-16-15-22(4)5)17-11-7-6-8-12-17/h6-14,20H,15-16H2,1-5H3/t20-/m1/s1. The summed E-state index contributed by atoms with van der Waals surface area (Å²) in [4.78, 5) is 2.15. The molecule has 2 heteroatoms. The van der Waals surface area contributed by atoms with Crippen LogP contribution >= 0.6 is 0 Å². The summed E-state index contributed by atoms with van der Waals surface area (Å²) in [7, 11) is 4.15. The van der Waals surface area contributed by atoms with Crippen LogP contribution in [0.2, 0.25) is 0 Å². The van der Waals surface area contributed by atoms with Crippen molar-refractivity contribution in [1.29, 1.82) is 0 Å². The maximum Gasteiger partial charge on any atom is 0.108 e. The molecule has 23 heavy (non-hydrogen) atoms. The van der Waals surface area contributed by atoms with Crippen LogP contribution in [0.1, 0.15) is 43.6 Å². The zero-order valence-corrected chi connectivity index (χ0v) is 15.0. The minimum absolute atomic E-state index is 0.0217. The highest BCUT2D eigenvalue weighted by molar-refractivity contribution is 5.39. The lowest BCUT2D eigenvalue weighted by Crippen LogP contribution is -2.22. The fourth-order valence-corrected chi connectivity index (χ4v) is 2.76. The summed E-state index contributed by atoms with van der Waals surface area (Å²) in [6.07, 6.45) is -0.0217. The van der Waals surface area contributed by atoms with Gasteiger partial charge in [0.1, 0.15) is 6.10 Å². The normalized spacial score (nSPS) is 13.3. The lowest BCUT2D eigenvalue weighted by atomic mass is 9.81. The Morgan fingerprint density at radius 1 is 0.913 bits per heavy atom. The summed E-state index contributed by atoms with van der Waals surface area (Å²) in [5, 5.41) is 0. The van der Waals surface area contributed by atoms with E-state index in [4.69, 9.17) is 4.74 Å². The summed E-state index contributed by atoms with van der Waals surface area (Å²) in [5.74, 6) is 0. The largest absolute Gasteiger partial charge is 0.367 e. The van der Waals surface area contributed by atoms with E-state index >= 15 is 0 Å². The van der Waals surface area contributed by atoms with Gasteiger partial charge >= 0.3 is 0 Å². The predicted octanol–water partition coefficient (Wildman–Crippen LogP) is 4.65. The van der Waals surface area contributed by atoms with Gasteiger partial charge in [-0.1, -0.05) is 75.4 Å². The Hall–Kier alpha value is -1.64. The van der Waals surface area contributed by atoms with Crippen molar-refractivity contribution in [3.8, 4) is 0 Å². The molecule has 2 aromatic rings. The van der Waals surface area contributed by atoms with Crippen molar-refractivity contribution in [2.75, 3.05) is 27.2 Å². The molecule has 0 radical (unpaired) electrons. The zero-order chi connectivity index (χ0) is 16.9. The molecule has 2 nitrogen and oxygen atoms in total. The lowest BCUT2D eigenvalue weighted by Gasteiger charge is -2.28. The van der Waals surface area contributed by atoms with Crippen LogP contribution in [-0.4, -0.2) is 32.1 Å². The monoisotopic (exact) mass is 311 g/mol. The molecule has 0 spiro atoms. The highest BCUT2D eigenvalue weighted by atomic mass is 16.5. The van der Waals surface area contributed by atoms with Crippen LogP contribution in [0.3, 0.4) is 0 Å². The number of likely N-dealkylation sites (N-methyl/N-ethyl adjacent to an activating group) is 1. The molecule has 0 saturated carbocycles. The first-order valence-corrected chi connectivity index (χ1v) is 8.30. The van der Waals surface area contributed by atoms with Crippen molar-refractivity contribution in [2.45, 2.75) is 32.3 Å². The summed E-state index contributed by atoms with van der Waals surface area (Å²) in [6.45, 7) is 8.40. The lowest BCUT2D eigenvalue weighted by molar-refractivity contribution is 0.0676. The highest BCUT2D eigenvalue weighted by Crippen LogP contribution is 2.34. The van der Waals surface area contributed by atoms with Crippen molar-refractivity contribution in [3.05, 3.63) is 71.3 Å². The smallest absolute Gasteiger partial charge is 0.108 e. The van der Waals surface area contributed by atoms with Gasteiger partial charge in [-0.3, -0.25) is 0 Å². The SMILES string of the molecule is CN(C)CCO[C@H](c1ccccc1)c1ccccc1C(C)(C)C.